The van der Waals surface area contributed by atoms with Crippen molar-refractivity contribution in [2.75, 3.05) is 19.6 Å². The fourth-order valence-corrected chi connectivity index (χ4v) is 5.93. The van der Waals surface area contributed by atoms with Crippen LogP contribution in [0, 0.1) is 0 Å². The van der Waals surface area contributed by atoms with Crippen molar-refractivity contribution in [2.24, 2.45) is 0 Å². The van der Waals surface area contributed by atoms with Crippen molar-refractivity contribution in [3.05, 3.63) is 78.4 Å². The Morgan fingerprint density at radius 1 is 0.875 bits per heavy atom. The van der Waals surface area contributed by atoms with Gasteiger partial charge in [0.1, 0.15) is 12.1 Å². The van der Waals surface area contributed by atoms with E-state index in [1.54, 1.807) is 18.2 Å². The number of nitrogens with zero attached hydrogens (tertiary/aromatic N) is 2. The number of fused-ring (bicyclic) bond motifs is 2. The normalized spacial score (nSPS) is 21.9. The van der Waals surface area contributed by atoms with Crippen molar-refractivity contribution in [1.82, 2.24) is 14.5 Å². The molecule has 0 unspecified atom stereocenters. The monoisotopic (exact) mass is 449 g/mol. The number of sulfonamides is 1. The van der Waals surface area contributed by atoms with Crippen molar-refractivity contribution in [3.8, 4) is 0 Å². The molecule has 0 aromatic heterocycles. The Balaban J connectivity index is 1.35. The molecular formula is C24H23N3O4S. The quantitative estimate of drug-likeness (QED) is 0.658. The first-order valence-corrected chi connectivity index (χ1v) is 12.0. The molecule has 8 heteroatoms. The standard InChI is InChI=1S/C24H23N3O4S/c28-23-22-16-26(32(30,31)20-11-10-18-8-4-5-9-19(18)15-20)12-13-27(22)24(29)21(25-23)14-17-6-2-1-3-7-17/h1-11,15,21-22H,12-14,16H2,(H,25,28)/t21-,22-/m1/s1. The topological polar surface area (TPSA) is 86.8 Å². The molecule has 2 fully saturated rings. The molecule has 2 amide bonds. The van der Waals surface area contributed by atoms with E-state index in [2.05, 4.69) is 5.32 Å². The number of piperazine rings is 2. The van der Waals surface area contributed by atoms with Crippen LogP contribution < -0.4 is 5.32 Å². The second-order valence-electron chi connectivity index (χ2n) is 8.17. The summed E-state index contributed by atoms with van der Waals surface area (Å²) < 4.78 is 27.9. The van der Waals surface area contributed by atoms with Crippen LogP contribution in [0.4, 0.5) is 0 Å². The minimum Gasteiger partial charge on any atom is -0.342 e. The molecule has 3 aromatic rings. The maximum atomic E-state index is 13.3. The van der Waals surface area contributed by atoms with E-state index in [9.17, 15) is 18.0 Å². The summed E-state index contributed by atoms with van der Waals surface area (Å²) in [6.45, 7) is 0.294. The first kappa shape index (κ1) is 20.7. The highest BCUT2D eigenvalue weighted by Crippen LogP contribution is 2.26. The van der Waals surface area contributed by atoms with Crippen LogP contribution in [-0.4, -0.2) is 61.2 Å². The maximum absolute atomic E-state index is 13.3. The summed E-state index contributed by atoms with van der Waals surface area (Å²) in [5.74, 6) is -0.481. The molecule has 2 atom stereocenters. The molecule has 0 saturated carbocycles. The Morgan fingerprint density at radius 3 is 2.38 bits per heavy atom. The largest absolute Gasteiger partial charge is 0.342 e. The molecule has 7 nitrogen and oxygen atoms in total. The summed E-state index contributed by atoms with van der Waals surface area (Å²) in [7, 11) is -3.79. The third kappa shape index (κ3) is 3.65. The second-order valence-corrected chi connectivity index (χ2v) is 10.1. The summed E-state index contributed by atoms with van der Waals surface area (Å²) in [4.78, 5) is 27.6. The van der Waals surface area contributed by atoms with Crippen LogP contribution in [0.25, 0.3) is 10.8 Å². The number of carbonyl (C=O) groups is 2. The summed E-state index contributed by atoms with van der Waals surface area (Å²) in [5, 5.41) is 4.59. The molecule has 2 saturated heterocycles. The van der Waals surface area contributed by atoms with E-state index >= 15 is 0 Å². The third-order valence-corrected chi connectivity index (χ3v) is 8.05. The van der Waals surface area contributed by atoms with Gasteiger partial charge in [-0.15, -0.1) is 0 Å². The Bertz CT molecular complexity index is 1290. The summed E-state index contributed by atoms with van der Waals surface area (Å²) >= 11 is 0. The second kappa shape index (κ2) is 8.03. The summed E-state index contributed by atoms with van der Waals surface area (Å²) in [5.41, 5.74) is 0.960. The van der Waals surface area contributed by atoms with Crippen molar-refractivity contribution in [2.45, 2.75) is 23.4 Å². The predicted molar refractivity (Wildman–Crippen MR) is 120 cm³/mol. The smallest absolute Gasteiger partial charge is 0.246 e. The lowest BCUT2D eigenvalue weighted by Gasteiger charge is -2.44. The van der Waals surface area contributed by atoms with Gasteiger partial charge in [0.25, 0.3) is 0 Å². The number of benzene rings is 3. The Labute approximate surface area is 186 Å². The fraction of sp³-hybridized carbons (Fsp3) is 0.250. The Morgan fingerprint density at radius 2 is 1.59 bits per heavy atom. The van der Waals surface area contributed by atoms with Crippen molar-refractivity contribution < 1.29 is 18.0 Å². The van der Waals surface area contributed by atoms with Gasteiger partial charge in [0, 0.05) is 26.1 Å². The minimum absolute atomic E-state index is 0.0508. The summed E-state index contributed by atoms with van der Waals surface area (Å²) in [6, 6.07) is 20.6. The van der Waals surface area contributed by atoms with Gasteiger partial charge in [0.2, 0.25) is 21.8 Å². The van der Waals surface area contributed by atoms with Gasteiger partial charge < -0.3 is 10.2 Å². The molecule has 3 aromatic carbocycles. The molecule has 0 bridgehead atoms. The molecular weight excluding hydrogens is 426 g/mol. The molecule has 2 aliphatic heterocycles. The van der Waals surface area contributed by atoms with Crippen LogP contribution in [-0.2, 0) is 26.0 Å². The van der Waals surface area contributed by atoms with Crippen LogP contribution >= 0.6 is 0 Å². The van der Waals surface area contributed by atoms with Gasteiger partial charge in [-0.1, -0.05) is 60.7 Å². The lowest BCUT2D eigenvalue weighted by molar-refractivity contribution is -0.151. The fourth-order valence-electron chi connectivity index (χ4n) is 4.46. The zero-order valence-corrected chi connectivity index (χ0v) is 18.2. The number of hydrogen-bond donors (Lipinski definition) is 1. The number of hydrogen-bond acceptors (Lipinski definition) is 4. The van der Waals surface area contributed by atoms with Gasteiger partial charge >= 0.3 is 0 Å². The number of nitrogens with one attached hydrogen (secondary N) is 1. The zero-order chi connectivity index (χ0) is 22.3. The average molecular weight is 450 g/mol. The Hall–Kier alpha value is -3.23. The first-order valence-electron chi connectivity index (χ1n) is 10.6. The molecule has 5 rings (SSSR count). The van der Waals surface area contributed by atoms with Crippen molar-refractivity contribution in [1.29, 1.82) is 0 Å². The van der Waals surface area contributed by atoms with Crippen LogP contribution in [0.15, 0.2) is 77.7 Å². The highest BCUT2D eigenvalue weighted by atomic mass is 32.2. The molecule has 0 aliphatic carbocycles. The van der Waals surface area contributed by atoms with Gasteiger partial charge in [0.05, 0.1) is 4.90 Å². The van der Waals surface area contributed by atoms with E-state index in [1.807, 2.05) is 54.6 Å². The van der Waals surface area contributed by atoms with Gasteiger partial charge in [0.15, 0.2) is 0 Å². The van der Waals surface area contributed by atoms with E-state index < -0.39 is 22.1 Å². The molecule has 32 heavy (non-hydrogen) atoms. The van der Waals surface area contributed by atoms with Crippen molar-refractivity contribution in [3.63, 3.8) is 0 Å². The first-order chi connectivity index (χ1) is 15.4. The molecule has 164 valence electrons. The SMILES string of the molecule is O=C1N[C@H](Cc2ccccc2)C(=O)N2CCN(S(=O)(=O)c3ccc4ccccc4c3)C[C@H]12. The van der Waals surface area contributed by atoms with Gasteiger partial charge in [-0.3, -0.25) is 9.59 Å². The van der Waals surface area contributed by atoms with Gasteiger partial charge in [-0.25, -0.2) is 8.42 Å². The van der Waals surface area contributed by atoms with Gasteiger partial charge in [-0.2, -0.15) is 4.31 Å². The molecule has 1 N–H and O–H groups in total. The van der Waals surface area contributed by atoms with E-state index in [0.29, 0.717) is 6.42 Å². The maximum Gasteiger partial charge on any atom is 0.246 e. The molecule has 0 radical (unpaired) electrons. The van der Waals surface area contributed by atoms with Crippen molar-refractivity contribution >= 4 is 32.6 Å². The Kier molecular flexibility index (Phi) is 5.19. The van der Waals surface area contributed by atoms with Crippen LogP contribution in [0.2, 0.25) is 0 Å². The highest BCUT2D eigenvalue weighted by molar-refractivity contribution is 7.89. The highest BCUT2D eigenvalue weighted by Gasteiger charge is 2.45. The number of amides is 2. The average Bonchev–Trinajstić information content (AvgIpc) is 2.82. The number of carbonyl (C=O) groups excluding carboxylic acids is 2. The third-order valence-electron chi connectivity index (χ3n) is 6.18. The molecule has 0 spiro atoms. The zero-order valence-electron chi connectivity index (χ0n) is 17.3. The summed E-state index contributed by atoms with van der Waals surface area (Å²) in [6.07, 6.45) is 0.410. The van der Waals surface area contributed by atoms with Gasteiger partial charge in [-0.05, 0) is 28.5 Å². The molecule has 2 heterocycles. The van der Waals surface area contributed by atoms with Crippen LogP contribution in [0.5, 0.6) is 0 Å². The minimum atomic E-state index is -3.79. The van der Waals surface area contributed by atoms with E-state index in [-0.39, 0.29) is 36.3 Å². The lowest BCUT2D eigenvalue weighted by Crippen LogP contribution is -2.69. The van der Waals surface area contributed by atoms with E-state index in [1.165, 1.54) is 9.21 Å². The van der Waals surface area contributed by atoms with Crippen LogP contribution in [0.3, 0.4) is 0 Å². The molecule has 2 aliphatic rings. The predicted octanol–water partition coefficient (Wildman–Crippen LogP) is 1.78. The van der Waals surface area contributed by atoms with E-state index in [4.69, 9.17) is 0 Å². The lowest BCUT2D eigenvalue weighted by atomic mass is 9.99. The van der Waals surface area contributed by atoms with E-state index in [0.717, 1.165) is 16.3 Å². The number of rotatable bonds is 4. The van der Waals surface area contributed by atoms with Crippen LogP contribution in [0.1, 0.15) is 5.56 Å².